The van der Waals surface area contributed by atoms with Crippen LogP contribution >= 0.6 is 12.2 Å². The number of primary sulfonamides is 1. The summed E-state index contributed by atoms with van der Waals surface area (Å²) in [6.07, 6.45) is 1.68. The summed E-state index contributed by atoms with van der Waals surface area (Å²) >= 11 is 5.12. The number of hydrogen-bond acceptors (Lipinski definition) is 5. The zero-order valence-corrected chi connectivity index (χ0v) is 13.9. The van der Waals surface area contributed by atoms with Gasteiger partial charge >= 0.3 is 0 Å². The van der Waals surface area contributed by atoms with Gasteiger partial charge in [0, 0.05) is 11.9 Å². The van der Waals surface area contributed by atoms with Crippen molar-refractivity contribution in [1.29, 1.82) is 0 Å². The van der Waals surface area contributed by atoms with Crippen LogP contribution in [0.2, 0.25) is 0 Å². The average Bonchev–Trinajstić information content (AvgIpc) is 2.53. The lowest BCUT2D eigenvalue weighted by atomic mass is 10.3. The van der Waals surface area contributed by atoms with Crippen LogP contribution in [-0.4, -0.2) is 24.2 Å². The van der Waals surface area contributed by atoms with Crippen LogP contribution in [0, 0.1) is 0 Å². The van der Waals surface area contributed by atoms with Crippen molar-refractivity contribution in [2.45, 2.75) is 11.8 Å². The standard InChI is InChI=1S/C14H15N5O2S2/c1-10(13-4-2-3-9-16-13)18-19-14(22)17-11-5-7-12(8-6-11)23(15,20)21/h2-9H,1H3,(H2,15,20,21)(H2,17,19,22). The maximum absolute atomic E-state index is 11.2. The fourth-order valence-electron chi connectivity index (χ4n) is 1.66. The van der Waals surface area contributed by atoms with E-state index in [0.717, 1.165) is 5.69 Å². The van der Waals surface area contributed by atoms with E-state index < -0.39 is 10.0 Å². The number of anilines is 1. The maximum atomic E-state index is 11.2. The zero-order valence-electron chi connectivity index (χ0n) is 12.2. The van der Waals surface area contributed by atoms with E-state index in [1.807, 2.05) is 18.2 Å². The molecule has 0 saturated carbocycles. The van der Waals surface area contributed by atoms with E-state index in [1.54, 1.807) is 25.3 Å². The van der Waals surface area contributed by atoms with Crippen molar-refractivity contribution in [3.63, 3.8) is 0 Å². The number of nitrogens with two attached hydrogens (primary N) is 1. The zero-order chi connectivity index (χ0) is 16.9. The second-order valence-corrected chi connectivity index (χ2v) is 6.52. The average molecular weight is 349 g/mol. The predicted octanol–water partition coefficient (Wildman–Crippen LogP) is 1.44. The number of nitrogens with one attached hydrogen (secondary N) is 2. The van der Waals surface area contributed by atoms with Crippen LogP contribution in [0.5, 0.6) is 0 Å². The Morgan fingerprint density at radius 3 is 2.48 bits per heavy atom. The predicted molar refractivity (Wildman–Crippen MR) is 93.6 cm³/mol. The molecule has 0 fully saturated rings. The molecule has 0 aliphatic rings. The summed E-state index contributed by atoms with van der Waals surface area (Å²) in [4.78, 5) is 4.20. The number of nitrogens with zero attached hydrogens (tertiary/aromatic N) is 2. The summed E-state index contributed by atoms with van der Waals surface area (Å²) in [5, 5.41) is 12.3. The number of hydrazone groups is 1. The number of thiocarbonyl (C=S) groups is 1. The SMILES string of the molecule is CC(=NNC(=S)Nc1ccc(S(N)(=O)=O)cc1)c1ccccn1. The first-order valence-corrected chi connectivity index (χ1v) is 8.47. The molecule has 0 saturated heterocycles. The van der Waals surface area contributed by atoms with Gasteiger partial charge in [0.15, 0.2) is 5.11 Å². The minimum atomic E-state index is -3.71. The molecule has 0 amide bonds. The van der Waals surface area contributed by atoms with E-state index >= 15 is 0 Å². The van der Waals surface area contributed by atoms with E-state index in [1.165, 1.54) is 12.1 Å². The smallest absolute Gasteiger partial charge is 0.238 e. The van der Waals surface area contributed by atoms with Gasteiger partial charge in [-0.3, -0.25) is 10.4 Å². The molecule has 0 radical (unpaired) electrons. The summed E-state index contributed by atoms with van der Waals surface area (Å²) in [5.41, 5.74) is 4.73. The highest BCUT2D eigenvalue weighted by Gasteiger charge is 2.07. The molecule has 2 rings (SSSR count). The monoisotopic (exact) mass is 349 g/mol. The molecule has 9 heteroatoms. The number of benzene rings is 1. The molecule has 23 heavy (non-hydrogen) atoms. The second-order valence-electron chi connectivity index (χ2n) is 4.55. The van der Waals surface area contributed by atoms with E-state index in [2.05, 4.69) is 20.8 Å². The van der Waals surface area contributed by atoms with Gasteiger partial charge in [0.2, 0.25) is 10.0 Å². The van der Waals surface area contributed by atoms with Crippen LogP contribution in [0.15, 0.2) is 58.7 Å². The maximum Gasteiger partial charge on any atom is 0.238 e. The Hall–Kier alpha value is -2.36. The molecule has 120 valence electrons. The van der Waals surface area contributed by atoms with Crippen molar-refractivity contribution < 1.29 is 8.42 Å². The molecule has 0 spiro atoms. The van der Waals surface area contributed by atoms with Crippen LogP contribution < -0.4 is 15.9 Å². The largest absolute Gasteiger partial charge is 0.331 e. The highest BCUT2D eigenvalue weighted by Crippen LogP contribution is 2.12. The third-order valence-corrected chi connectivity index (χ3v) is 3.92. The number of rotatable bonds is 4. The molecule has 0 aliphatic carbocycles. The van der Waals surface area contributed by atoms with Crippen molar-refractivity contribution in [3.8, 4) is 0 Å². The van der Waals surface area contributed by atoms with E-state index in [0.29, 0.717) is 11.4 Å². The number of aromatic nitrogens is 1. The molecule has 0 bridgehead atoms. The number of pyridine rings is 1. The fourth-order valence-corrected chi connectivity index (χ4v) is 2.33. The fraction of sp³-hybridized carbons (Fsp3) is 0.0714. The van der Waals surface area contributed by atoms with Gasteiger partial charge in [-0.2, -0.15) is 5.10 Å². The van der Waals surface area contributed by atoms with Gasteiger partial charge in [-0.15, -0.1) is 0 Å². The van der Waals surface area contributed by atoms with Crippen LogP contribution in [0.25, 0.3) is 0 Å². The van der Waals surface area contributed by atoms with Gasteiger partial charge in [0.1, 0.15) is 0 Å². The number of hydrogen-bond donors (Lipinski definition) is 3. The van der Waals surface area contributed by atoms with Crippen LogP contribution in [0.4, 0.5) is 5.69 Å². The minimum Gasteiger partial charge on any atom is -0.331 e. The first kappa shape index (κ1) is 17.0. The van der Waals surface area contributed by atoms with Crippen LogP contribution in [0.1, 0.15) is 12.6 Å². The van der Waals surface area contributed by atoms with Crippen LogP contribution in [0.3, 0.4) is 0 Å². The third kappa shape index (κ3) is 5.09. The molecular formula is C14H15N5O2S2. The second kappa shape index (κ2) is 7.27. The molecule has 1 heterocycles. The summed E-state index contributed by atoms with van der Waals surface area (Å²) in [6.45, 7) is 1.80. The Morgan fingerprint density at radius 1 is 1.22 bits per heavy atom. The first-order chi connectivity index (χ1) is 10.9. The van der Waals surface area contributed by atoms with Crippen molar-refractivity contribution in [2.75, 3.05) is 5.32 Å². The van der Waals surface area contributed by atoms with Crippen LogP contribution in [-0.2, 0) is 10.0 Å². The van der Waals surface area contributed by atoms with Crippen molar-refractivity contribution in [2.24, 2.45) is 10.2 Å². The lowest BCUT2D eigenvalue weighted by Gasteiger charge is -2.08. The molecule has 2 aromatic rings. The van der Waals surface area contributed by atoms with E-state index in [4.69, 9.17) is 17.4 Å². The molecule has 7 nitrogen and oxygen atoms in total. The van der Waals surface area contributed by atoms with Crippen molar-refractivity contribution >= 4 is 38.8 Å². The molecule has 0 atom stereocenters. The Morgan fingerprint density at radius 2 is 1.91 bits per heavy atom. The van der Waals surface area contributed by atoms with E-state index in [-0.39, 0.29) is 10.0 Å². The molecule has 4 N–H and O–H groups in total. The Labute approximate surface area is 139 Å². The Kier molecular flexibility index (Phi) is 5.37. The Bertz CT molecular complexity index is 818. The van der Waals surface area contributed by atoms with Crippen molar-refractivity contribution in [3.05, 3.63) is 54.4 Å². The minimum absolute atomic E-state index is 0.0333. The van der Waals surface area contributed by atoms with E-state index in [9.17, 15) is 8.42 Å². The first-order valence-electron chi connectivity index (χ1n) is 6.52. The van der Waals surface area contributed by atoms with Gasteiger partial charge in [0.05, 0.1) is 16.3 Å². The van der Waals surface area contributed by atoms with Gasteiger partial charge in [-0.1, -0.05) is 6.07 Å². The highest BCUT2D eigenvalue weighted by molar-refractivity contribution is 7.89. The molecule has 0 aliphatic heterocycles. The highest BCUT2D eigenvalue weighted by atomic mass is 32.2. The Balaban J connectivity index is 1.97. The van der Waals surface area contributed by atoms with Gasteiger partial charge in [-0.25, -0.2) is 13.6 Å². The summed E-state index contributed by atoms with van der Waals surface area (Å²) < 4.78 is 22.3. The summed E-state index contributed by atoms with van der Waals surface area (Å²) in [7, 11) is -3.71. The molecule has 1 aromatic heterocycles. The molecular weight excluding hydrogens is 334 g/mol. The molecule has 0 unspecified atom stereocenters. The summed E-state index contributed by atoms with van der Waals surface area (Å²) in [5.74, 6) is 0. The quantitative estimate of drug-likeness (QED) is 0.438. The van der Waals surface area contributed by atoms with Gasteiger partial charge in [0.25, 0.3) is 0 Å². The van der Waals surface area contributed by atoms with Gasteiger partial charge < -0.3 is 5.32 Å². The third-order valence-electron chi connectivity index (χ3n) is 2.80. The lowest BCUT2D eigenvalue weighted by molar-refractivity contribution is 0.598. The molecule has 1 aromatic carbocycles. The normalized spacial score (nSPS) is 11.8. The summed E-state index contributed by atoms with van der Waals surface area (Å²) in [6, 6.07) is 11.4. The van der Waals surface area contributed by atoms with Gasteiger partial charge in [-0.05, 0) is 55.5 Å². The number of sulfonamides is 1. The van der Waals surface area contributed by atoms with Crippen molar-refractivity contribution in [1.82, 2.24) is 10.4 Å². The lowest BCUT2D eigenvalue weighted by Crippen LogP contribution is -2.25. The topological polar surface area (TPSA) is 109 Å².